The Labute approximate surface area is 106 Å². The summed E-state index contributed by atoms with van der Waals surface area (Å²) in [6.07, 6.45) is 2.18. The molecule has 1 fully saturated rings. The van der Waals surface area contributed by atoms with Crippen LogP contribution in [0.25, 0.3) is 0 Å². The van der Waals surface area contributed by atoms with E-state index in [4.69, 9.17) is 0 Å². The zero-order valence-electron chi connectivity index (χ0n) is 10.7. The van der Waals surface area contributed by atoms with Gasteiger partial charge in [-0.15, -0.1) is 0 Å². The predicted octanol–water partition coefficient (Wildman–Crippen LogP) is 2.86. The standard InChI is InChI=1S/C14H17F2NO/c1-3-17(2)13(18)14(7-4-8-14)11-6-5-10(15)9-12(11)16/h5-6,9H,3-4,7-8H2,1-2H3. The van der Waals surface area contributed by atoms with Crippen LogP contribution in [0.1, 0.15) is 31.7 Å². The van der Waals surface area contributed by atoms with Gasteiger partial charge in [-0.1, -0.05) is 12.5 Å². The normalized spacial score (nSPS) is 17.1. The van der Waals surface area contributed by atoms with Gasteiger partial charge in [0.1, 0.15) is 11.6 Å². The monoisotopic (exact) mass is 253 g/mol. The number of rotatable bonds is 3. The molecule has 4 heteroatoms. The van der Waals surface area contributed by atoms with Crippen molar-refractivity contribution in [1.29, 1.82) is 0 Å². The fourth-order valence-corrected chi connectivity index (χ4v) is 2.52. The number of carbonyl (C=O) groups excluding carboxylic acids is 1. The lowest BCUT2D eigenvalue weighted by atomic mass is 9.63. The van der Waals surface area contributed by atoms with Crippen molar-refractivity contribution in [2.45, 2.75) is 31.6 Å². The van der Waals surface area contributed by atoms with Crippen LogP contribution < -0.4 is 0 Å². The van der Waals surface area contributed by atoms with Crippen LogP contribution in [0.2, 0.25) is 0 Å². The van der Waals surface area contributed by atoms with Crippen LogP contribution in [0.15, 0.2) is 18.2 Å². The van der Waals surface area contributed by atoms with Gasteiger partial charge in [0.2, 0.25) is 5.91 Å². The maximum Gasteiger partial charge on any atom is 0.233 e. The van der Waals surface area contributed by atoms with Gasteiger partial charge in [-0.05, 0) is 25.8 Å². The molecule has 1 aliphatic rings. The van der Waals surface area contributed by atoms with Crippen LogP contribution in [0.5, 0.6) is 0 Å². The molecule has 0 aliphatic heterocycles. The summed E-state index contributed by atoms with van der Waals surface area (Å²) in [6.45, 7) is 2.47. The maximum absolute atomic E-state index is 13.9. The number of nitrogens with zero attached hydrogens (tertiary/aromatic N) is 1. The molecule has 1 aromatic carbocycles. The van der Waals surface area contributed by atoms with E-state index in [1.54, 1.807) is 11.9 Å². The molecule has 1 saturated carbocycles. The first kappa shape index (κ1) is 13.0. The molecule has 2 rings (SSSR count). The summed E-state index contributed by atoms with van der Waals surface area (Å²) in [6, 6.07) is 3.48. The lowest BCUT2D eigenvalue weighted by molar-refractivity contribution is -0.139. The van der Waals surface area contributed by atoms with Crippen molar-refractivity contribution in [2.24, 2.45) is 0 Å². The van der Waals surface area contributed by atoms with Crippen LogP contribution in [0.4, 0.5) is 8.78 Å². The first-order valence-electron chi connectivity index (χ1n) is 6.22. The summed E-state index contributed by atoms with van der Waals surface area (Å²) in [5, 5.41) is 0. The zero-order valence-corrected chi connectivity index (χ0v) is 10.7. The van der Waals surface area contributed by atoms with Gasteiger partial charge in [0.15, 0.2) is 0 Å². The Kier molecular flexibility index (Phi) is 3.37. The number of benzene rings is 1. The Morgan fingerprint density at radius 3 is 2.50 bits per heavy atom. The Bertz CT molecular complexity index is 469. The molecule has 0 aromatic heterocycles. The summed E-state index contributed by atoms with van der Waals surface area (Å²) in [5.41, 5.74) is -0.442. The van der Waals surface area contributed by atoms with Gasteiger partial charge in [-0.25, -0.2) is 8.78 Å². The minimum absolute atomic E-state index is 0.0678. The molecule has 0 unspecified atom stereocenters. The smallest absolute Gasteiger partial charge is 0.233 e. The van der Waals surface area contributed by atoms with Gasteiger partial charge < -0.3 is 4.90 Å². The third-order valence-corrected chi connectivity index (χ3v) is 3.88. The number of hydrogen-bond acceptors (Lipinski definition) is 1. The van der Waals surface area contributed by atoms with Crippen molar-refractivity contribution in [3.8, 4) is 0 Å². The van der Waals surface area contributed by atoms with Crippen LogP contribution in [-0.4, -0.2) is 24.4 Å². The number of likely N-dealkylation sites (N-methyl/N-ethyl adjacent to an activating group) is 1. The molecule has 98 valence electrons. The van der Waals surface area contributed by atoms with Crippen molar-refractivity contribution in [2.75, 3.05) is 13.6 Å². The third-order valence-electron chi connectivity index (χ3n) is 3.88. The van der Waals surface area contributed by atoms with E-state index in [1.807, 2.05) is 6.92 Å². The van der Waals surface area contributed by atoms with E-state index in [0.29, 0.717) is 24.9 Å². The second-order valence-electron chi connectivity index (χ2n) is 4.88. The van der Waals surface area contributed by atoms with Gasteiger partial charge in [-0.3, -0.25) is 4.79 Å². The van der Waals surface area contributed by atoms with Gasteiger partial charge in [0, 0.05) is 25.2 Å². The summed E-state index contributed by atoms with van der Waals surface area (Å²) >= 11 is 0. The number of hydrogen-bond donors (Lipinski definition) is 0. The maximum atomic E-state index is 13.9. The number of halogens is 2. The highest BCUT2D eigenvalue weighted by atomic mass is 19.1. The second-order valence-corrected chi connectivity index (χ2v) is 4.88. The second kappa shape index (κ2) is 4.67. The fourth-order valence-electron chi connectivity index (χ4n) is 2.52. The molecular weight excluding hydrogens is 236 g/mol. The summed E-state index contributed by atoms with van der Waals surface area (Å²) in [4.78, 5) is 14.0. The fraction of sp³-hybridized carbons (Fsp3) is 0.500. The highest BCUT2D eigenvalue weighted by molar-refractivity contribution is 5.89. The first-order chi connectivity index (χ1) is 8.51. The zero-order chi connectivity index (χ0) is 13.3. The molecule has 0 bridgehead atoms. The molecule has 0 N–H and O–H groups in total. The molecule has 0 radical (unpaired) electrons. The Morgan fingerprint density at radius 1 is 1.39 bits per heavy atom. The Balaban J connectivity index is 2.41. The Morgan fingerprint density at radius 2 is 2.06 bits per heavy atom. The molecule has 0 atom stereocenters. The SMILES string of the molecule is CCN(C)C(=O)C1(c2ccc(F)cc2F)CCC1. The predicted molar refractivity (Wildman–Crippen MR) is 65.2 cm³/mol. The summed E-state index contributed by atoms with van der Waals surface area (Å²) in [5.74, 6) is -1.30. The van der Waals surface area contributed by atoms with Crippen molar-refractivity contribution in [3.63, 3.8) is 0 Å². The highest BCUT2D eigenvalue weighted by Crippen LogP contribution is 2.46. The van der Waals surface area contributed by atoms with E-state index >= 15 is 0 Å². The molecule has 0 spiro atoms. The average Bonchev–Trinajstić information content (AvgIpc) is 2.29. The van der Waals surface area contributed by atoms with Crippen molar-refractivity contribution in [1.82, 2.24) is 4.90 Å². The van der Waals surface area contributed by atoms with E-state index < -0.39 is 17.0 Å². The van der Waals surface area contributed by atoms with Crippen molar-refractivity contribution >= 4 is 5.91 Å². The number of carbonyl (C=O) groups is 1. The largest absolute Gasteiger partial charge is 0.345 e. The highest BCUT2D eigenvalue weighted by Gasteiger charge is 2.48. The van der Waals surface area contributed by atoms with Crippen LogP contribution >= 0.6 is 0 Å². The summed E-state index contributed by atoms with van der Waals surface area (Å²) in [7, 11) is 1.71. The van der Waals surface area contributed by atoms with E-state index in [1.165, 1.54) is 12.1 Å². The van der Waals surface area contributed by atoms with E-state index in [2.05, 4.69) is 0 Å². The van der Waals surface area contributed by atoms with Gasteiger partial charge in [0.25, 0.3) is 0 Å². The van der Waals surface area contributed by atoms with Gasteiger partial charge >= 0.3 is 0 Å². The number of amides is 1. The van der Waals surface area contributed by atoms with Crippen molar-refractivity contribution in [3.05, 3.63) is 35.4 Å². The quantitative estimate of drug-likeness (QED) is 0.811. The molecule has 0 heterocycles. The topological polar surface area (TPSA) is 20.3 Å². The molecule has 18 heavy (non-hydrogen) atoms. The minimum atomic E-state index is -0.775. The lowest BCUT2D eigenvalue weighted by Gasteiger charge is -2.43. The lowest BCUT2D eigenvalue weighted by Crippen LogP contribution is -2.50. The molecule has 1 aliphatic carbocycles. The molecule has 0 saturated heterocycles. The minimum Gasteiger partial charge on any atom is -0.345 e. The third kappa shape index (κ3) is 1.89. The first-order valence-corrected chi connectivity index (χ1v) is 6.22. The summed E-state index contributed by atoms with van der Waals surface area (Å²) < 4.78 is 26.8. The van der Waals surface area contributed by atoms with Gasteiger partial charge in [-0.2, -0.15) is 0 Å². The van der Waals surface area contributed by atoms with Crippen LogP contribution in [-0.2, 0) is 10.2 Å². The average molecular weight is 253 g/mol. The molecular formula is C14H17F2NO. The van der Waals surface area contributed by atoms with E-state index in [-0.39, 0.29) is 5.91 Å². The van der Waals surface area contributed by atoms with Crippen LogP contribution in [0.3, 0.4) is 0 Å². The van der Waals surface area contributed by atoms with Gasteiger partial charge in [0.05, 0.1) is 5.41 Å². The Hall–Kier alpha value is -1.45. The molecule has 1 amide bonds. The van der Waals surface area contributed by atoms with Crippen LogP contribution in [0, 0.1) is 11.6 Å². The van der Waals surface area contributed by atoms with E-state index in [9.17, 15) is 13.6 Å². The van der Waals surface area contributed by atoms with Crippen molar-refractivity contribution < 1.29 is 13.6 Å². The van der Waals surface area contributed by atoms with E-state index in [0.717, 1.165) is 12.5 Å². The molecule has 2 nitrogen and oxygen atoms in total. The molecule has 1 aromatic rings.